The molecule has 2 bridgehead atoms. The van der Waals surface area contributed by atoms with Gasteiger partial charge < -0.3 is 14.3 Å². The zero-order valence-electron chi connectivity index (χ0n) is 15.2. The van der Waals surface area contributed by atoms with E-state index in [0.29, 0.717) is 18.0 Å². The third-order valence-corrected chi connectivity index (χ3v) is 5.55. The van der Waals surface area contributed by atoms with Crippen LogP contribution in [0, 0.1) is 5.92 Å². The summed E-state index contributed by atoms with van der Waals surface area (Å²) in [7, 11) is 0. The minimum Gasteiger partial charge on any atom is -0.478 e. The lowest BCUT2D eigenvalue weighted by atomic mass is 9.86. The van der Waals surface area contributed by atoms with Crippen LogP contribution in [0.2, 0.25) is 0 Å². The summed E-state index contributed by atoms with van der Waals surface area (Å²) in [6.45, 7) is 2.75. The maximum atomic E-state index is 13.0. The second-order valence-electron chi connectivity index (χ2n) is 7.27. The molecule has 3 aliphatic heterocycles. The molecular weight excluding hydrogens is 364 g/mol. The summed E-state index contributed by atoms with van der Waals surface area (Å²) in [5.74, 6) is -1.38. The topological polar surface area (TPSA) is 103 Å². The van der Waals surface area contributed by atoms with Gasteiger partial charge in [-0.2, -0.15) is 0 Å². The Hall–Kier alpha value is -2.84. The Balaban J connectivity index is 1.58. The van der Waals surface area contributed by atoms with Crippen LogP contribution in [0.25, 0.3) is 0 Å². The van der Waals surface area contributed by atoms with Crippen LogP contribution in [0.4, 0.5) is 5.69 Å². The van der Waals surface area contributed by atoms with Gasteiger partial charge in [0.25, 0.3) is 0 Å². The molecule has 8 heteroatoms. The Morgan fingerprint density at radius 2 is 2.04 bits per heavy atom. The van der Waals surface area contributed by atoms with Crippen LogP contribution in [0.3, 0.4) is 0 Å². The van der Waals surface area contributed by atoms with Crippen LogP contribution in [0.15, 0.2) is 47.3 Å². The van der Waals surface area contributed by atoms with Crippen molar-refractivity contribution >= 4 is 17.6 Å². The fourth-order valence-corrected chi connectivity index (χ4v) is 4.00. The molecule has 8 nitrogen and oxygen atoms in total. The molecule has 0 radical (unpaired) electrons. The van der Waals surface area contributed by atoms with Crippen molar-refractivity contribution < 1.29 is 29.1 Å². The first-order chi connectivity index (χ1) is 13.5. The van der Waals surface area contributed by atoms with Crippen LogP contribution in [-0.2, 0) is 9.53 Å². The number of furan rings is 1. The summed E-state index contributed by atoms with van der Waals surface area (Å²) in [6.07, 6.45) is 4.57. The number of rotatable bonds is 6. The average Bonchev–Trinajstić information content (AvgIpc) is 3.23. The van der Waals surface area contributed by atoms with Gasteiger partial charge >= 0.3 is 11.9 Å². The number of esters is 1. The maximum absolute atomic E-state index is 13.0. The van der Waals surface area contributed by atoms with Crippen LogP contribution in [-0.4, -0.2) is 52.9 Å². The molecule has 0 aliphatic carbocycles. The molecule has 4 heterocycles. The number of aromatic carboxylic acids is 1. The molecule has 28 heavy (non-hydrogen) atoms. The number of ether oxygens (including phenoxy) is 1. The highest BCUT2D eigenvalue weighted by Crippen LogP contribution is 2.33. The van der Waals surface area contributed by atoms with E-state index in [1.165, 1.54) is 36.8 Å². The van der Waals surface area contributed by atoms with E-state index in [4.69, 9.17) is 9.15 Å². The molecule has 2 atom stereocenters. The number of anilines is 1. The van der Waals surface area contributed by atoms with Crippen molar-refractivity contribution in [3.05, 3.63) is 54.0 Å². The van der Waals surface area contributed by atoms with E-state index in [1.807, 2.05) is 0 Å². The van der Waals surface area contributed by atoms with E-state index in [-0.39, 0.29) is 17.4 Å². The molecule has 3 fully saturated rings. The van der Waals surface area contributed by atoms with E-state index in [0.717, 1.165) is 31.0 Å². The van der Waals surface area contributed by atoms with Crippen LogP contribution < -0.4 is 5.06 Å². The van der Waals surface area contributed by atoms with E-state index >= 15 is 0 Å². The van der Waals surface area contributed by atoms with Gasteiger partial charge in [0, 0.05) is 12.1 Å². The molecule has 1 aromatic carbocycles. The van der Waals surface area contributed by atoms with Gasteiger partial charge in [0.15, 0.2) is 6.04 Å². The maximum Gasteiger partial charge on any atom is 0.336 e. The molecule has 2 N–H and O–H groups in total. The van der Waals surface area contributed by atoms with Crippen molar-refractivity contribution in [2.45, 2.75) is 25.0 Å². The van der Waals surface area contributed by atoms with E-state index in [2.05, 4.69) is 4.90 Å². The van der Waals surface area contributed by atoms with E-state index < -0.39 is 18.0 Å². The molecule has 5 rings (SSSR count). The number of nitrogens with zero attached hydrogens (tertiary/aromatic N) is 2. The largest absolute Gasteiger partial charge is 0.478 e. The van der Waals surface area contributed by atoms with Crippen molar-refractivity contribution in [3.63, 3.8) is 0 Å². The van der Waals surface area contributed by atoms with Gasteiger partial charge in [-0.1, -0.05) is 6.07 Å². The quantitative estimate of drug-likeness (QED) is 0.577. The summed E-state index contributed by atoms with van der Waals surface area (Å²) < 4.78 is 10.9. The number of carboxylic acid groups (broad SMARTS) is 1. The lowest BCUT2D eigenvalue weighted by Gasteiger charge is -2.44. The molecule has 2 aromatic rings. The Bertz CT molecular complexity index is 844. The zero-order valence-corrected chi connectivity index (χ0v) is 15.2. The molecule has 3 saturated heterocycles. The highest BCUT2D eigenvalue weighted by molar-refractivity contribution is 5.89. The first kappa shape index (κ1) is 18.5. The number of piperidine rings is 3. The standard InChI is InChI=1S/C20H22N2O6/c23-19(24)14-2-1-3-16(10-14)22(26)18(15-6-9-27-12-15)20(25)28-17-11-21-7-4-13(17)5-8-21/h1-3,6,9-10,12-13,17-18,26H,4-5,7-8,11H2,(H,23,24)/t17-,18?/m0/s1. The number of carbonyl (C=O) groups excluding carboxylic acids is 1. The normalized spacial score (nSPS) is 24.5. The minimum atomic E-state index is -1.15. The molecule has 0 amide bonds. The number of hydrogen-bond acceptors (Lipinski definition) is 7. The van der Waals surface area contributed by atoms with Crippen molar-refractivity contribution in [2.24, 2.45) is 5.92 Å². The number of carboxylic acids is 1. The minimum absolute atomic E-state index is 0.00764. The Morgan fingerprint density at radius 1 is 1.25 bits per heavy atom. The second-order valence-corrected chi connectivity index (χ2v) is 7.27. The number of carbonyl (C=O) groups is 2. The third-order valence-electron chi connectivity index (χ3n) is 5.55. The SMILES string of the molecule is O=C(O)c1cccc(N(O)C(C(=O)O[C@H]2CN3CCC2CC3)c2ccoc2)c1. The number of fused-ring (bicyclic) bond motifs is 3. The number of hydrogen-bond donors (Lipinski definition) is 2. The molecule has 3 aliphatic rings. The van der Waals surface area contributed by atoms with Gasteiger partial charge in [0.2, 0.25) is 0 Å². The fourth-order valence-electron chi connectivity index (χ4n) is 4.00. The smallest absolute Gasteiger partial charge is 0.336 e. The van der Waals surface area contributed by atoms with Crippen LogP contribution >= 0.6 is 0 Å². The summed E-state index contributed by atoms with van der Waals surface area (Å²) in [6, 6.07) is 6.17. The Labute approximate surface area is 161 Å². The zero-order chi connectivity index (χ0) is 19.7. The fraction of sp³-hybridized carbons (Fsp3) is 0.400. The van der Waals surface area contributed by atoms with Crippen molar-refractivity contribution in [2.75, 3.05) is 24.7 Å². The van der Waals surface area contributed by atoms with Crippen LogP contribution in [0.5, 0.6) is 0 Å². The first-order valence-corrected chi connectivity index (χ1v) is 9.29. The number of hydroxylamine groups is 1. The Morgan fingerprint density at radius 3 is 2.64 bits per heavy atom. The van der Waals surface area contributed by atoms with Gasteiger partial charge in [-0.25, -0.2) is 14.7 Å². The van der Waals surface area contributed by atoms with Crippen molar-refractivity contribution in [1.82, 2.24) is 4.90 Å². The highest BCUT2D eigenvalue weighted by atomic mass is 16.6. The van der Waals surface area contributed by atoms with E-state index in [9.17, 15) is 19.9 Å². The molecule has 1 unspecified atom stereocenters. The monoisotopic (exact) mass is 386 g/mol. The van der Waals surface area contributed by atoms with E-state index in [1.54, 1.807) is 6.07 Å². The molecular formula is C20H22N2O6. The summed E-state index contributed by atoms with van der Waals surface area (Å²) in [4.78, 5) is 26.5. The van der Waals surface area contributed by atoms with Gasteiger partial charge in [-0.15, -0.1) is 0 Å². The van der Waals surface area contributed by atoms with Gasteiger partial charge in [0.1, 0.15) is 6.10 Å². The lowest BCUT2D eigenvalue weighted by molar-refractivity contribution is -0.162. The second kappa shape index (κ2) is 7.65. The molecule has 148 valence electrons. The predicted octanol–water partition coefficient (Wildman–Crippen LogP) is 2.55. The summed E-state index contributed by atoms with van der Waals surface area (Å²) in [5, 5.41) is 20.7. The predicted molar refractivity (Wildman–Crippen MR) is 98.2 cm³/mol. The first-order valence-electron chi connectivity index (χ1n) is 9.29. The molecule has 0 saturated carbocycles. The van der Waals surface area contributed by atoms with Gasteiger partial charge in [-0.05, 0) is 56.1 Å². The lowest BCUT2D eigenvalue weighted by Crippen LogP contribution is -2.52. The third kappa shape index (κ3) is 3.61. The summed E-state index contributed by atoms with van der Waals surface area (Å²) >= 11 is 0. The van der Waals surface area contributed by atoms with Gasteiger partial charge in [-0.3, -0.25) is 10.1 Å². The molecule has 1 aromatic heterocycles. The van der Waals surface area contributed by atoms with Gasteiger partial charge in [0.05, 0.1) is 23.8 Å². The number of benzene rings is 1. The highest BCUT2D eigenvalue weighted by Gasteiger charge is 2.39. The van der Waals surface area contributed by atoms with Crippen molar-refractivity contribution in [1.29, 1.82) is 0 Å². The Kier molecular flexibility index (Phi) is 5.06. The summed E-state index contributed by atoms with van der Waals surface area (Å²) in [5.41, 5.74) is 0.611. The van der Waals surface area contributed by atoms with Crippen LogP contribution in [0.1, 0.15) is 34.8 Å². The molecule has 0 spiro atoms. The average molecular weight is 386 g/mol. The van der Waals surface area contributed by atoms with Crippen molar-refractivity contribution in [3.8, 4) is 0 Å².